The number of anilines is 1. The predicted molar refractivity (Wildman–Crippen MR) is 80.1 cm³/mol. The Morgan fingerprint density at radius 1 is 1.32 bits per heavy atom. The van der Waals surface area contributed by atoms with Gasteiger partial charge in [-0.25, -0.2) is 9.97 Å². The lowest BCUT2D eigenvalue weighted by molar-refractivity contribution is 0.719. The molecule has 0 aliphatic heterocycles. The Morgan fingerprint density at radius 3 is 2.89 bits per heavy atom. The monoisotopic (exact) mass is 317 g/mol. The van der Waals surface area contributed by atoms with Crippen LogP contribution in [0.2, 0.25) is 0 Å². The number of nitrogens with zero attached hydrogens (tertiary/aromatic N) is 2. The van der Waals surface area contributed by atoms with Crippen molar-refractivity contribution in [1.82, 2.24) is 9.97 Å². The molecule has 1 aliphatic rings. The molecule has 1 aromatic carbocycles. The van der Waals surface area contributed by atoms with Crippen molar-refractivity contribution in [3.8, 4) is 0 Å². The summed E-state index contributed by atoms with van der Waals surface area (Å²) < 4.78 is 0.838. The van der Waals surface area contributed by atoms with Gasteiger partial charge >= 0.3 is 0 Å². The van der Waals surface area contributed by atoms with Crippen LogP contribution in [0.25, 0.3) is 0 Å². The van der Waals surface area contributed by atoms with E-state index in [2.05, 4.69) is 52.1 Å². The number of halogens is 1. The average molecular weight is 318 g/mol. The standard InChI is InChI=1S/C15H16BrN3/c1-2-12-13(16)14(17)19-15(18-12)11-8-7-9-5-3-4-6-10(9)11/h3-6,11H,2,7-8H2,1H3,(H2,17,18,19). The number of aryl methyl sites for hydroxylation is 2. The quantitative estimate of drug-likeness (QED) is 0.922. The van der Waals surface area contributed by atoms with Crippen LogP contribution in [-0.4, -0.2) is 9.97 Å². The highest BCUT2D eigenvalue weighted by atomic mass is 79.9. The lowest BCUT2D eigenvalue weighted by Gasteiger charge is -2.13. The summed E-state index contributed by atoms with van der Waals surface area (Å²) in [6.07, 6.45) is 3.03. The molecule has 0 saturated carbocycles. The molecule has 0 radical (unpaired) electrons. The maximum atomic E-state index is 5.99. The molecular formula is C15H16BrN3. The zero-order chi connectivity index (χ0) is 13.4. The molecule has 2 N–H and O–H groups in total. The van der Waals surface area contributed by atoms with Gasteiger partial charge in [-0.3, -0.25) is 0 Å². The first-order chi connectivity index (χ1) is 9.20. The third-order valence-corrected chi connectivity index (χ3v) is 4.61. The minimum absolute atomic E-state index is 0.289. The van der Waals surface area contributed by atoms with Gasteiger partial charge in [-0.05, 0) is 46.3 Å². The molecule has 0 spiro atoms. The van der Waals surface area contributed by atoms with Gasteiger partial charge in [-0.15, -0.1) is 0 Å². The molecule has 3 rings (SSSR count). The van der Waals surface area contributed by atoms with Crippen molar-refractivity contribution in [2.75, 3.05) is 5.73 Å². The number of benzene rings is 1. The molecule has 0 amide bonds. The van der Waals surface area contributed by atoms with Crippen LogP contribution in [0.1, 0.15) is 41.9 Å². The van der Waals surface area contributed by atoms with Gasteiger partial charge in [-0.1, -0.05) is 31.2 Å². The van der Waals surface area contributed by atoms with Crippen molar-refractivity contribution in [2.24, 2.45) is 0 Å². The topological polar surface area (TPSA) is 51.8 Å². The van der Waals surface area contributed by atoms with E-state index in [1.165, 1.54) is 11.1 Å². The van der Waals surface area contributed by atoms with E-state index in [0.717, 1.165) is 35.3 Å². The fourth-order valence-electron chi connectivity index (χ4n) is 2.75. The highest BCUT2D eigenvalue weighted by Gasteiger charge is 2.26. The Labute approximate surface area is 121 Å². The largest absolute Gasteiger partial charge is 0.383 e. The molecule has 4 heteroatoms. The molecule has 1 aliphatic carbocycles. The van der Waals surface area contributed by atoms with Crippen LogP contribution in [0, 0.1) is 0 Å². The Bertz CT molecular complexity index is 625. The molecule has 3 nitrogen and oxygen atoms in total. The third kappa shape index (κ3) is 2.14. The highest BCUT2D eigenvalue weighted by Crippen LogP contribution is 2.37. The maximum absolute atomic E-state index is 5.99. The van der Waals surface area contributed by atoms with Gasteiger partial charge in [0.05, 0.1) is 10.2 Å². The third-order valence-electron chi connectivity index (χ3n) is 3.74. The minimum Gasteiger partial charge on any atom is -0.383 e. The second-order valence-electron chi connectivity index (χ2n) is 4.87. The normalized spacial score (nSPS) is 17.5. The van der Waals surface area contributed by atoms with Crippen molar-refractivity contribution >= 4 is 21.7 Å². The van der Waals surface area contributed by atoms with E-state index in [0.29, 0.717) is 5.82 Å². The van der Waals surface area contributed by atoms with E-state index < -0.39 is 0 Å². The van der Waals surface area contributed by atoms with Gasteiger partial charge in [0.15, 0.2) is 0 Å². The molecule has 0 saturated heterocycles. The highest BCUT2D eigenvalue weighted by molar-refractivity contribution is 9.10. The van der Waals surface area contributed by atoms with Crippen LogP contribution in [-0.2, 0) is 12.8 Å². The van der Waals surface area contributed by atoms with E-state index in [1.807, 2.05) is 0 Å². The van der Waals surface area contributed by atoms with Crippen LogP contribution < -0.4 is 5.73 Å². The Morgan fingerprint density at radius 2 is 2.11 bits per heavy atom. The fourth-order valence-corrected chi connectivity index (χ4v) is 3.21. The van der Waals surface area contributed by atoms with Crippen LogP contribution in [0.4, 0.5) is 5.82 Å². The lowest BCUT2D eigenvalue weighted by atomic mass is 10.0. The van der Waals surface area contributed by atoms with Crippen molar-refractivity contribution in [1.29, 1.82) is 0 Å². The number of hydrogen-bond acceptors (Lipinski definition) is 3. The first-order valence-corrected chi connectivity index (χ1v) is 7.39. The molecule has 98 valence electrons. The molecule has 2 aromatic rings. The summed E-state index contributed by atoms with van der Waals surface area (Å²) in [5.41, 5.74) is 9.74. The summed E-state index contributed by atoms with van der Waals surface area (Å²) in [5, 5.41) is 0. The molecule has 1 atom stereocenters. The number of rotatable bonds is 2. The molecule has 1 heterocycles. The van der Waals surface area contributed by atoms with Gasteiger partial charge in [-0.2, -0.15) is 0 Å². The number of aromatic nitrogens is 2. The molecule has 0 fully saturated rings. The first-order valence-electron chi connectivity index (χ1n) is 6.60. The second kappa shape index (κ2) is 4.93. The molecule has 0 bridgehead atoms. The second-order valence-corrected chi connectivity index (χ2v) is 5.66. The van der Waals surface area contributed by atoms with E-state index in [4.69, 9.17) is 10.7 Å². The summed E-state index contributed by atoms with van der Waals surface area (Å²) >= 11 is 3.46. The van der Waals surface area contributed by atoms with E-state index in [9.17, 15) is 0 Å². The number of nitrogen functional groups attached to an aromatic ring is 1. The molecule has 1 unspecified atom stereocenters. The van der Waals surface area contributed by atoms with Crippen LogP contribution in [0.15, 0.2) is 28.7 Å². The number of hydrogen-bond donors (Lipinski definition) is 1. The first kappa shape index (κ1) is 12.6. The molecule has 19 heavy (non-hydrogen) atoms. The van der Waals surface area contributed by atoms with Crippen molar-refractivity contribution < 1.29 is 0 Å². The molecule has 1 aromatic heterocycles. The zero-order valence-corrected chi connectivity index (χ0v) is 12.4. The predicted octanol–water partition coefficient (Wildman–Crippen LogP) is 3.46. The summed E-state index contributed by atoms with van der Waals surface area (Å²) in [6.45, 7) is 2.08. The van der Waals surface area contributed by atoms with Gasteiger partial charge in [0.2, 0.25) is 0 Å². The Hall–Kier alpha value is -1.42. The van der Waals surface area contributed by atoms with E-state index >= 15 is 0 Å². The summed E-state index contributed by atoms with van der Waals surface area (Å²) in [7, 11) is 0. The number of fused-ring (bicyclic) bond motifs is 1. The van der Waals surface area contributed by atoms with Crippen molar-refractivity contribution in [3.05, 3.63) is 51.4 Å². The summed E-state index contributed by atoms with van der Waals surface area (Å²) in [4.78, 5) is 9.18. The SMILES string of the molecule is CCc1nc(C2CCc3ccccc32)nc(N)c1Br. The van der Waals surface area contributed by atoms with Crippen molar-refractivity contribution in [3.63, 3.8) is 0 Å². The fraction of sp³-hybridized carbons (Fsp3) is 0.333. The van der Waals surface area contributed by atoms with Gasteiger partial charge in [0.25, 0.3) is 0 Å². The summed E-state index contributed by atoms with van der Waals surface area (Å²) in [6, 6.07) is 8.55. The van der Waals surface area contributed by atoms with Crippen LogP contribution >= 0.6 is 15.9 Å². The van der Waals surface area contributed by atoms with Gasteiger partial charge in [0, 0.05) is 5.92 Å². The Balaban J connectivity index is 2.07. The van der Waals surface area contributed by atoms with Crippen LogP contribution in [0.5, 0.6) is 0 Å². The zero-order valence-electron chi connectivity index (χ0n) is 10.9. The smallest absolute Gasteiger partial charge is 0.141 e. The molecular weight excluding hydrogens is 302 g/mol. The Kier molecular flexibility index (Phi) is 3.27. The van der Waals surface area contributed by atoms with E-state index in [1.54, 1.807) is 0 Å². The lowest BCUT2D eigenvalue weighted by Crippen LogP contribution is -2.09. The van der Waals surface area contributed by atoms with E-state index in [-0.39, 0.29) is 5.92 Å². The van der Waals surface area contributed by atoms with Gasteiger partial charge in [0.1, 0.15) is 11.6 Å². The maximum Gasteiger partial charge on any atom is 0.141 e. The van der Waals surface area contributed by atoms with Gasteiger partial charge < -0.3 is 5.73 Å². The minimum atomic E-state index is 0.289. The number of nitrogens with two attached hydrogens (primary N) is 1. The summed E-state index contributed by atoms with van der Waals surface area (Å²) in [5.74, 6) is 1.70. The van der Waals surface area contributed by atoms with Crippen LogP contribution in [0.3, 0.4) is 0 Å². The average Bonchev–Trinajstić information content (AvgIpc) is 2.85. The van der Waals surface area contributed by atoms with Crippen molar-refractivity contribution in [2.45, 2.75) is 32.1 Å².